The molecular weight excluding hydrogens is 437 g/mol. The molecule has 0 saturated carbocycles. The van der Waals surface area contributed by atoms with Gasteiger partial charge < -0.3 is 10.2 Å². The number of halogens is 1. The zero-order chi connectivity index (χ0) is 18.4. The summed E-state index contributed by atoms with van der Waals surface area (Å²) in [5.41, 5.74) is 3.74. The smallest absolute Gasteiger partial charge is 0.193 e. The molecule has 1 aliphatic heterocycles. The van der Waals surface area contributed by atoms with Crippen molar-refractivity contribution in [2.75, 3.05) is 26.2 Å². The molecule has 0 radical (unpaired) electrons. The molecule has 0 bridgehead atoms. The number of aromatic nitrogens is 2. The van der Waals surface area contributed by atoms with Crippen molar-refractivity contribution in [1.29, 1.82) is 0 Å². The summed E-state index contributed by atoms with van der Waals surface area (Å²) in [5, 5.41) is 8.01. The second-order valence-electron chi connectivity index (χ2n) is 7.33. The third-order valence-corrected chi connectivity index (χ3v) is 5.86. The van der Waals surface area contributed by atoms with E-state index in [0.29, 0.717) is 0 Å². The lowest BCUT2D eigenvalue weighted by molar-refractivity contribution is 0.319. The minimum Gasteiger partial charge on any atom is -0.357 e. The highest BCUT2D eigenvalue weighted by Crippen LogP contribution is 2.28. The van der Waals surface area contributed by atoms with Gasteiger partial charge in [-0.2, -0.15) is 5.10 Å². The summed E-state index contributed by atoms with van der Waals surface area (Å²) in [6, 6.07) is 0. The van der Waals surface area contributed by atoms with Crippen LogP contribution in [0.3, 0.4) is 0 Å². The van der Waals surface area contributed by atoms with Gasteiger partial charge in [-0.05, 0) is 51.0 Å². The van der Waals surface area contributed by atoms with Crippen molar-refractivity contribution >= 4 is 29.9 Å². The molecule has 0 spiro atoms. The van der Waals surface area contributed by atoms with E-state index >= 15 is 0 Å². The summed E-state index contributed by atoms with van der Waals surface area (Å²) in [5.74, 6) is 2.77. The van der Waals surface area contributed by atoms with Gasteiger partial charge in [-0.25, -0.2) is 0 Å². The van der Waals surface area contributed by atoms with Crippen LogP contribution in [0, 0.1) is 25.7 Å². The average Bonchev–Trinajstić information content (AvgIpc) is 3.16. The molecule has 0 aromatic carbocycles. The monoisotopic (exact) mass is 475 g/mol. The Morgan fingerprint density at radius 2 is 1.96 bits per heavy atom. The predicted octanol–water partition coefficient (Wildman–Crippen LogP) is 3.92. The quantitative estimate of drug-likeness (QED) is 0.370. The van der Waals surface area contributed by atoms with Crippen molar-refractivity contribution in [3.63, 3.8) is 0 Å². The number of guanidine groups is 1. The number of aryl methyl sites for hydroxylation is 2. The van der Waals surface area contributed by atoms with Crippen molar-refractivity contribution in [3.8, 4) is 0 Å². The molecule has 1 N–H and O–H groups in total. The van der Waals surface area contributed by atoms with Crippen LogP contribution < -0.4 is 5.32 Å². The third kappa shape index (κ3) is 5.60. The van der Waals surface area contributed by atoms with Crippen LogP contribution >= 0.6 is 24.0 Å². The van der Waals surface area contributed by atoms with Gasteiger partial charge in [-0.15, -0.1) is 24.0 Å². The Morgan fingerprint density at radius 1 is 1.27 bits per heavy atom. The molecule has 1 aromatic heterocycles. The number of likely N-dealkylation sites (tertiary alicyclic amines) is 1. The Labute approximate surface area is 177 Å². The molecule has 1 atom stereocenters. The highest BCUT2D eigenvalue weighted by molar-refractivity contribution is 14.0. The number of nitrogens with zero attached hydrogens (tertiary/aromatic N) is 4. The van der Waals surface area contributed by atoms with E-state index in [4.69, 9.17) is 4.99 Å². The molecule has 1 saturated heterocycles. The number of hydrogen-bond donors (Lipinski definition) is 1. The van der Waals surface area contributed by atoms with E-state index in [-0.39, 0.29) is 24.0 Å². The van der Waals surface area contributed by atoms with Gasteiger partial charge in [-0.1, -0.05) is 26.7 Å². The fourth-order valence-electron chi connectivity index (χ4n) is 4.20. The van der Waals surface area contributed by atoms with E-state index in [0.717, 1.165) is 56.1 Å². The number of aliphatic imine (C=N–C) groups is 1. The molecule has 1 fully saturated rings. The lowest BCUT2D eigenvalue weighted by atomic mass is 9.87. The zero-order valence-electron chi connectivity index (χ0n) is 17.5. The summed E-state index contributed by atoms with van der Waals surface area (Å²) >= 11 is 0. The third-order valence-electron chi connectivity index (χ3n) is 5.86. The molecular formula is C20H38IN5. The fraction of sp³-hybridized carbons (Fsp3) is 0.800. The van der Waals surface area contributed by atoms with Crippen molar-refractivity contribution in [1.82, 2.24) is 20.0 Å². The van der Waals surface area contributed by atoms with Crippen LogP contribution in [0.2, 0.25) is 0 Å². The maximum Gasteiger partial charge on any atom is 0.193 e. The van der Waals surface area contributed by atoms with Crippen molar-refractivity contribution in [2.45, 2.75) is 60.3 Å². The Kier molecular flexibility index (Phi) is 9.97. The van der Waals surface area contributed by atoms with Crippen LogP contribution in [0.4, 0.5) is 0 Å². The number of nitrogens with one attached hydrogen (secondary N) is 1. The Hall–Kier alpha value is -0.790. The molecule has 0 amide bonds. The van der Waals surface area contributed by atoms with Crippen LogP contribution in [0.25, 0.3) is 0 Å². The van der Waals surface area contributed by atoms with E-state index in [9.17, 15) is 0 Å². The molecule has 1 unspecified atom stereocenters. The largest absolute Gasteiger partial charge is 0.357 e. The maximum absolute atomic E-state index is 4.92. The molecule has 1 aliphatic rings. The first kappa shape index (κ1) is 23.2. The highest BCUT2D eigenvalue weighted by Gasteiger charge is 2.29. The normalized spacial score (nSPS) is 17.7. The van der Waals surface area contributed by atoms with Gasteiger partial charge in [0.1, 0.15) is 0 Å². The number of hydrogen-bond acceptors (Lipinski definition) is 2. The van der Waals surface area contributed by atoms with Gasteiger partial charge in [0.15, 0.2) is 5.96 Å². The van der Waals surface area contributed by atoms with Gasteiger partial charge in [-0.3, -0.25) is 9.67 Å². The Bertz CT molecular complexity index is 577. The Morgan fingerprint density at radius 3 is 2.50 bits per heavy atom. The van der Waals surface area contributed by atoms with E-state index in [1.54, 1.807) is 0 Å². The molecule has 1 aromatic rings. The SMILES string of the molecule is CCNC(=NCCc1c(C)nn(C)c1C)N1CCC(C(CC)CC)C1.I. The topological polar surface area (TPSA) is 45.5 Å². The molecule has 5 nitrogen and oxygen atoms in total. The molecule has 2 heterocycles. The van der Waals surface area contributed by atoms with Crippen LogP contribution in [0.5, 0.6) is 0 Å². The van der Waals surface area contributed by atoms with Gasteiger partial charge in [0.05, 0.1) is 5.69 Å². The molecule has 6 heteroatoms. The van der Waals surface area contributed by atoms with Gasteiger partial charge in [0, 0.05) is 38.9 Å². The van der Waals surface area contributed by atoms with E-state index in [1.807, 2.05) is 11.7 Å². The van der Waals surface area contributed by atoms with E-state index < -0.39 is 0 Å². The van der Waals surface area contributed by atoms with Crippen LogP contribution in [-0.2, 0) is 13.5 Å². The molecule has 26 heavy (non-hydrogen) atoms. The van der Waals surface area contributed by atoms with E-state index in [1.165, 1.54) is 30.5 Å². The van der Waals surface area contributed by atoms with Crippen molar-refractivity contribution in [2.24, 2.45) is 23.9 Å². The Balaban J connectivity index is 0.00000338. The predicted molar refractivity (Wildman–Crippen MR) is 122 cm³/mol. The van der Waals surface area contributed by atoms with Crippen LogP contribution in [0.1, 0.15) is 57.0 Å². The first-order valence-corrected chi connectivity index (χ1v) is 10.0. The zero-order valence-corrected chi connectivity index (χ0v) is 19.8. The first-order chi connectivity index (χ1) is 12.0. The standard InChI is InChI=1S/C20H37N5.HI/c1-7-17(8-2)18-11-13-25(14-18)20(21-9-3)22-12-10-19-15(4)23-24(6)16(19)5;/h17-18H,7-14H2,1-6H3,(H,21,22);1H. The molecule has 2 rings (SSSR count). The van der Waals surface area contributed by atoms with Crippen LogP contribution in [-0.4, -0.2) is 46.8 Å². The summed E-state index contributed by atoms with van der Waals surface area (Å²) in [7, 11) is 2.02. The summed E-state index contributed by atoms with van der Waals surface area (Å²) in [4.78, 5) is 7.39. The lowest BCUT2D eigenvalue weighted by Gasteiger charge is -2.24. The summed E-state index contributed by atoms with van der Waals surface area (Å²) < 4.78 is 1.97. The van der Waals surface area contributed by atoms with Gasteiger partial charge >= 0.3 is 0 Å². The fourth-order valence-corrected chi connectivity index (χ4v) is 4.20. The molecule has 0 aliphatic carbocycles. The van der Waals surface area contributed by atoms with Gasteiger partial charge in [0.2, 0.25) is 0 Å². The molecule has 150 valence electrons. The van der Waals surface area contributed by atoms with Crippen molar-refractivity contribution in [3.05, 3.63) is 17.0 Å². The minimum absolute atomic E-state index is 0. The second kappa shape index (κ2) is 11.1. The van der Waals surface area contributed by atoms with Crippen molar-refractivity contribution < 1.29 is 0 Å². The number of rotatable bonds is 7. The van der Waals surface area contributed by atoms with Gasteiger partial charge in [0.25, 0.3) is 0 Å². The first-order valence-electron chi connectivity index (χ1n) is 10.0. The van der Waals surface area contributed by atoms with E-state index in [2.05, 4.69) is 49.9 Å². The van der Waals surface area contributed by atoms with Crippen LogP contribution in [0.15, 0.2) is 4.99 Å². The summed E-state index contributed by atoms with van der Waals surface area (Å²) in [6.07, 6.45) is 4.85. The summed E-state index contributed by atoms with van der Waals surface area (Å²) in [6.45, 7) is 15.1. The highest BCUT2D eigenvalue weighted by atomic mass is 127. The lowest BCUT2D eigenvalue weighted by Crippen LogP contribution is -2.40. The maximum atomic E-state index is 4.92. The average molecular weight is 475 g/mol. The minimum atomic E-state index is 0. The second-order valence-corrected chi connectivity index (χ2v) is 7.33.